The summed E-state index contributed by atoms with van der Waals surface area (Å²) in [5.74, 6) is 0.0871. The summed E-state index contributed by atoms with van der Waals surface area (Å²) in [4.78, 5) is 24.6. The van der Waals surface area contributed by atoms with Crippen LogP contribution in [0.15, 0.2) is 18.2 Å². The zero-order valence-corrected chi connectivity index (χ0v) is 15.6. The van der Waals surface area contributed by atoms with Crippen molar-refractivity contribution in [3.8, 4) is 0 Å². The Morgan fingerprint density at radius 3 is 2.52 bits per heavy atom. The molecule has 5 nitrogen and oxygen atoms in total. The zero-order chi connectivity index (χ0) is 16.9. The highest BCUT2D eigenvalue weighted by Crippen LogP contribution is 2.21. The molecule has 1 aliphatic carbocycles. The fourth-order valence-corrected chi connectivity index (χ4v) is 3.57. The van der Waals surface area contributed by atoms with Gasteiger partial charge in [-0.15, -0.1) is 12.4 Å². The Kier molecular flexibility index (Phi) is 7.26. The van der Waals surface area contributed by atoms with E-state index in [1.807, 2.05) is 19.1 Å². The number of carbonyl (C=O) groups is 2. The molecule has 0 bridgehead atoms. The highest BCUT2D eigenvalue weighted by molar-refractivity contribution is 5.97. The molecule has 1 aliphatic heterocycles. The fraction of sp³-hybridized carbons (Fsp3) is 0.579. The topological polar surface area (TPSA) is 70.2 Å². The molecule has 1 unspecified atom stereocenters. The Morgan fingerprint density at radius 2 is 1.88 bits per heavy atom. The number of nitrogens with one attached hydrogen (secondary N) is 3. The molecule has 0 radical (unpaired) electrons. The van der Waals surface area contributed by atoms with Crippen LogP contribution in [0, 0.1) is 12.8 Å². The summed E-state index contributed by atoms with van der Waals surface area (Å²) >= 11 is 0. The average Bonchev–Trinajstić information content (AvgIpc) is 3.12. The maximum atomic E-state index is 12.4. The van der Waals surface area contributed by atoms with Crippen LogP contribution >= 0.6 is 12.4 Å². The Balaban J connectivity index is 0.00000225. The molecule has 0 aromatic heterocycles. The van der Waals surface area contributed by atoms with Gasteiger partial charge in [0, 0.05) is 23.8 Å². The number of rotatable bonds is 4. The monoisotopic (exact) mass is 365 g/mol. The molecule has 2 amide bonds. The average molecular weight is 366 g/mol. The third kappa shape index (κ3) is 5.19. The molecule has 1 saturated carbocycles. The van der Waals surface area contributed by atoms with Crippen molar-refractivity contribution in [3.05, 3.63) is 29.3 Å². The van der Waals surface area contributed by atoms with Crippen molar-refractivity contribution in [3.63, 3.8) is 0 Å². The highest BCUT2D eigenvalue weighted by Gasteiger charge is 2.23. The minimum Gasteiger partial charge on any atom is -0.349 e. The van der Waals surface area contributed by atoms with Gasteiger partial charge in [-0.05, 0) is 56.5 Å². The third-order valence-corrected chi connectivity index (χ3v) is 5.12. The van der Waals surface area contributed by atoms with Crippen molar-refractivity contribution in [1.29, 1.82) is 0 Å². The van der Waals surface area contributed by atoms with E-state index in [4.69, 9.17) is 0 Å². The van der Waals surface area contributed by atoms with E-state index in [-0.39, 0.29) is 30.1 Å². The number of halogens is 1. The quantitative estimate of drug-likeness (QED) is 0.768. The van der Waals surface area contributed by atoms with Crippen molar-refractivity contribution in [1.82, 2.24) is 10.6 Å². The van der Waals surface area contributed by atoms with Crippen LogP contribution in [0.5, 0.6) is 0 Å². The normalized spacial score (nSPS) is 20.6. The van der Waals surface area contributed by atoms with E-state index >= 15 is 0 Å². The lowest BCUT2D eigenvalue weighted by Gasteiger charge is -2.23. The van der Waals surface area contributed by atoms with Gasteiger partial charge in [-0.3, -0.25) is 9.59 Å². The summed E-state index contributed by atoms with van der Waals surface area (Å²) < 4.78 is 0. The molecule has 1 aromatic carbocycles. The second-order valence-corrected chi connectivity index (χ2v) is 7.02. The highest BCUT2D eigenvalue weighted by atomic mass is 35.5. The number of hydrogen-bond donors (Lipinski definition) is 3. The number of anilines is 1. The molecular weight excluding hydrogens is 338 g/mol. The summed E-state index contributed by atoms with van der Waals surface area (Å²) in [5.41, 5.74) is 2.38. The Morgan fingerprint density at radius 1 is 1.12 bits per heavy atom. The van der Waals surface area contributed by atoms with E-state index in [9.17, 15) is 9.59 Å². The van der Waals surface area contributed by atoms with Gasteiger partial charge in [0.05, 0.1) is 5.92 Å². The Labute approximate surface area is 155 Å². The number of amides is 2. The predicted molar refractivity (Wildman–Crippen MR) is 102 cm³/mol. The first-order chi connectivity index (χ1) is 11.6. The van der Waals surface area contributed by atoms with Crippen molar-refractivity contribution >= 4 is 29.9 Å². The molecule has 1 saturated heterocycles. The molecule has 3 rings (SSSR count). The molecule has 1 heterocycles. The molecule has 0 spiro atoms. The number of carbonyl (C=O) groups excluding carboxylic acids is 2. The van der Waals surface area contributed by atoms with E-state index in [2.05, 4.69) is 16.0 Å². The van der Waals surface area contributed by atoms with E-state index < -0.39 is 0 Å². The number of benzene rings is 1. The van der Waals surface area contributed by atoms with Crippen LogP contribution in [-0.4, -0.2) is 30.9 Å². The Hall–Kier alpha value is -1.59. The third-order valence-electron chi connectivity index (χ3n) is 5.12. The zero-order valence-electron chi connectivity index (χ0n) is 14.8. The van der Waals surface area contributed by atoms with Crippen LogP contribution in [0.3, 0.4) is 0 Å². The fourth-order valence-electron chi connectivity index (χ4n) is 3.57. The van der Waals surface area contributed by atoms with Crippen LogP contribution < -0.4 is 16.0 Å². The van der Waals surface area contributed by atoms with Gasteiger partial charge >= 0.3 is 0 Å². The van der Waals surface area contributed by atoms with Crippen molar-refractivity contribution < 1.29 is 9.59 Å². The molecular formula is C19H28ClN3O2. The van der Waals surface area contributed by atoms with Crippen LogP contribution in [0.2, 0.25) is 0 Å². The lowest BCUT2D eigenvalue weighted by Crippen LogP contribution is -2.36. The molecule has 3 N–H and O–H groups in total. The molecule has 2 fully saturated rings. The molecule has 2 aliphatic rings. The van der Waals surface area contributed by atoms with Gasteiger partial charge in [-0.25, -0.2) is 0 Å². The summed E-state index contributed by atoms with van der Waals surface area (Å²) in [6, 6.07) is 5.81. The van der Waals surface area contributed by atoms with Crippen molar-refractivity contribution in [2.24, 2.45) is 5.92 Å². The minimum absolute atomic E-state index is 0. The summed E-state index contributed by atoms with van der Waals surface area (Å²) in [7, 11) is 0. The summed E-state index contributed by atoms with van der Waals surface area (Å²) in [6.07, 6.45) is 6.71. The molecule has 138 valence electrons. The summed E-state index contributed by atoms with van der Waals surface area (Å²) in [6.45, 7) is 3.57. The van der Waals surface area contributed by atoms with E-state index in [1.165, 1.54) is 19.3 Å². The van der Waals surface area contributed by atoms with E-state index in [0.29, 0.717) is 11.6 Å². The molecule has 1 atom stereocenters. The maximum absolute atomic E-state index is 12.4. The predicted octanol–water partition coefficient (Wildman–Crippen LogP) is 3.03. The maximum Gasteiger partial charge on any atom is 0.251 e. The van der Waals surface area contributed by atoms with E-state index in [1.54, 1.807) is 6.07 Å². The lowest BCUT2D eigenvalue weighted by atomic mass is 9.95. The van der Waals surface area contributed by atoms with Crippen LogP contribution in [0.25, 0.3) is 0 Å². The van der Waals surface area contributed by atoms with Gasteiger partial charge in [-0.2, -0.15) is 0 Å². The van der Waals surface area contributed by atoms with Crippen molar-refractivity contribution in [2.45, 2.75) is 51.5 Å². The van der Waals surface area contributed by atoms with Crippen molar-refractivity contribution in [2.75, 3.05) is 18.4 Å². The summed E-state index contributed by atoms with van der Waals surface area (Å²) in [5, 5.41) is 9.32. The second-order valence-electron chi connectivity index (χ2n) is 7.02. The van der Waals surface area contributed by atoms with Gasteiger partial charge in [0.1, 0.15) is 0 Å². The molecule has 1 aromatic rings. The first kappa shape index (κ1) is 19.7. The van der Waals surface area contributed by atoms with Gasteiger partial charge < -0.3 is 16.0 Å². The standard InChI is InChI=1S/C19H27N3O2.ClH/c1-13-11-14(18(23)21-16-5-3-2-4-6-16)7-8-17(13)22-19(24)15-9-10-20-12-15;/h7-8,11,15-16,20H,2-6,9-10,12H2,1H3,(H,21,23)(H,22,24);1H. The lowest BCUT2D eigenvalue weighted by molar-refractivity contribution is -0.119. The van der Waals surface area contributed by atoms with Gasteiger partial charge in [0.2, 0.25) is 5.91 Å². The molecule has 6 heteroatoms. The van der Waals surface area contributed by atoms with Crippen LogP contribution in [0.1, 0.15) is 54.4 Å². The molecule has 25 heavy (non-hydrogen) atoms. The van der Waals surface area contributed by atoms with Gasteiger partial charge in [0.25, 0.3) is 5.91 Å². The van der Waals surface area contributed by atoms with E-state index in [0.717, 1.165) is 43.6 Å². The number of aryl methyl sites for hydroxylation is 1. The first-order valence-electron chi connectivity index (χ1n) is 9.06. The minimum atomic E-state index is -0.0112. The van der Waals surface area contributed by atoms with Crippen LogP contribution in [-0.2, 0) is 4.79 Å². The first-order valence-corrected chi connectivity index (χ1v) is 9.06. The van der Waals surface area contributed by atoms with Gasteiger partial charge in [-0.1, -0.05) is 19.3 Å². The van der Waals surface area contributed by atoms with Gasteiger partial charge in [0.15, 0.2) is 0 Å². The van der Waals surface area contributed by atoms with Crippen LogP contribution in [0.4, 0.5) is 5.69 Å². The SMILES string of the molecule is Cc1cc(C(=O)NC2CCCCC2)ccc1NC(=O)C1CCNC1.Cl. The Bertz CT molecular complexity index is 609. The second kappa shape index (κ2) is 9.20. The largest absolute Gasteiger partial charge is 0.349 e. The number of hydrogen-bond acceptors (Lipinski definition) is 3. The smallest absolute Gasteiger partial charge is 0.251 e.